The molecule has 8 aromatic carbocycles. The number of hydrogen-bond acceptors (Lipinski definition) is 2. The Morgan fingerprint density at radius 3 is 1.92 bits per heavy atom. The van der Waals surface area contributed by atoms with Crippen molar-refractivity contribution in [1.82, 2.24) is 4.98 Å². The molecule has 10 rings (SSSR count). The van der Waals surface area contributed by atoms with Crippen molar-refractivity contribution in [3.05, 3.63) is 157 Å². The summed E-state index contributed by atoms with van der Waals surface area (Å²) in [5.41, 5.74) is 7.13. The van der Waals surface area contributed by atoms with Gasteiger partial charge in [-0.2, -0.15) is 0 Å². The van der Waals surface area contributed by atoms with Gasteiger partial charge in [-0.3, -0.25) is 0 Å². The Kier molecular flexibility index (Phi) is 6.04. The molecule has 0 amide bonds. The molecule has 49 heavy (non-hydrogen) atoms. The molecule has 0 saturated heterocycles. The predicted octanol–water partition coefficient (Wildman–Crippen LogP) is 13.5. The Hall–Kier alpha value is -6.25. The zero-order chi connectivity index (χ0) is 32.6. The quantitative estimate of drug-likeness (QED) is 0.111. The molecule has 230 valence electrons. The topological polar surface area (TPSA) is 26.0 Å². The van der Waals surface area contributed by atoms with Crippen molar-refractivity contribution in [3.63, 3.8) is 0 Å². The van der Waals surface area contributed by atoms with Gasteiger partial charge in [-0.15, -0.1) is 0 Å². The molecule has 0 aliphatic carbocycles. The largest absolute Gasteiger partial charge is 0.455 e. The average Bonchev–Trinajstić information content (AvgIpc) is 3.56. The van der Waals surface area contributed by atoms with Crippen LogP contribution in [0.2, 0.25) is 0 Å². The number of benzene rings is 8. The summed E-state index contributed by atoms with van der Waals surface area (Å²) in [7, 11) is 0. The van der Waals surface area contributed by atoms with Gasteiger partial charge in [0.2, 0.25) is 0 Å². The lowest BCUT2D eigenvalue weighted by Gasteiger charge is -2.17. The molecule has 0 aliphatic heterocycles. The third-order valence-electron chi connectivity index (χ3n) is 10.2. The maximum atomic E-state index is 6.93. The summed E-state index contributed by atoms with van der Waals surface area (Å²) < 4.78 is 6.93. The first-order valence-corrected chi connectivity index (χ1v) is 17.0. The van der Waals surface area contributed by atoms with Crippen LogP contribution in [0.25, 0.3) is 103 Å². The van der Waals surface area contributed by atoms with Gasteiger partial charge < -0.3 is 4.42 Å². The van der Waals surface area contributed by atoms with Crippen LogP contribution in [-0.2, 0) is 0 Å². The number of pyridine rings is 1. The minimum absolute atomic E-state index is 0.904. The Morgan fingerprint density at radius 2 is 1.16 bits per heavy atom. The third-order valence-corrected chi connectivity index (χ3v) is 10.2. The Balaban J connectivity index is 1.42. The number of furan rings is 1. The number of hydrogen-bond donors (Lipinski definition) is 0. The smallest absolute Gasteiger partial charge is 0.143 e. The molecule has 0 saturated carbocycles. The predicted molar refractivity (Wildman–Crippen MR) is 210 cm³/mol. The van der Waals surface area contributed by atoms with Crippen LogP contribution in [0.1, 0.15) is 19.5 Å². The highest BCUT2D eigenvalue weighted by molar-refractivity contribution is 6.31. The van der Waals surface area contributed by atoms with Crippen molar-refractivity contribution in [2.45, 2.75) is 13.8 Å². The molecule has 0 spiro atoms. The second kappa shape index (κ2) is 10.6. The fourth-order valence-electron chi connectivity index (χ4n) is 8.08. The second-order valence-corrected chi connectivity index (χ2v) is 12.9. The van der Waals surface area contributed by atoms with E-state index in [9.17, 15) is 0 Å². The van der Waals surface area contributed by atoms with E-state index in [-0.39, 0.29) is 0 Å². The van der Waals surface area contributed by atoms with Crippen LogP contribution in [0.3, 0.4) is 0 Å². The van der Waals surface area contributed by atoms with Crippen LogP contribution < -0.4 is 0 Å². The van der Waals surface area contributed by atoms with Gasteiger partial charge in [-0.1, -0.05) is 121 Å². The van der Waals surface area contributed by atoms with Crippen LogP contribution in [0.15, 0.2) is 156 Å². The lowest BCUT2D eigenvalue weighted by atomic mass is 9.87. The fourth-order valence-corrected chi connectivity index (χ4v) is 8.08. The highest BCUT2D eigenvalue weighted by Gasteiger charge is 2.22. The SMILES string of the molecule is C/C=C\C(=C/C)c1nc2cc3ccccc3cc2c2c1cc(-c1cc3ccccc3c3c1oc1ccc4ccccc4c13)c1ccccc12. The summed E-state index contributed by atoms with van der Waals surface area (Å²) in [5, 5.41) is 15.5. The molecule has 0 bridgehead atoms. The van der Waals surface area contributed by atoms with E-state index in [1.807, 2.05) is 0 Å². The highest BCUT2D eigenvalue weighted by Crippen LogP contribution is 2.47. The summed E-state index contributed by atoms with van der Waals surface area (Å²) in [5.74, 6) is 0. The minimum Gasteiger partial charge on any atom is -0.455 e. The van der Waals surface area contributed by atoms with Gasteiger partial charge in [0.1, 0.15) is 11.2 Å². The van der Waals surface area contributed by atoms with Crippen molar-refractivity contribution >= 4 is 92.3 Å². The molecule has 2 heteroatoms. The standard InChI is InChI=1S/C47H31NO/c1-3-13-28(4-2)46-40-27-37(35-20-11-12-21-36(35)43(40)39-24-30-15-5-6-16-31(30)26-41(39)48-46)38-25-32-17-8-10-19-34(32)45-44-33-18-9-7-14-29(33)22-23-42(44)49-47(38)45/h3-27H,1-2H3/b13-3-,28-4+. The lowest BCUT2D eigenvalue weighted by molar-refractivity contribution is 0.670. The van der Waals surface area contributed by atoms with E-state index >= 15 is 0 Å². The molecule has 0 atom stereocenters. The van der Waals surface area contributed by atoms with Crippen LogP contribution in [0, 0.1) is 0 Å². The Bertz CT molecular complexity index is 3070. The first-order chi connectivity index (χ1) is 24.2. The van der Waals surface area contributed by atoms with E-state index in [1.54, 1.807) is 0 Å². The van der Waals surface area contributed by atoms with Gasteiger partial charge in [-0.25, -0.2) is 4.98 Å². The van der Waals surface area contributed by atoms with E-state index < -0.39 is 0 Å². The van der Waals surface area contributed by atoms with Crippen molar-refractivity contribution in [2.75, 3.05) is 0 Å². The maximum Gasteiger partial charge on any atom is 0.143 e. The zero-order valence-corrected chi connectivity index (χ0v) is 27.3. The molecule has 10 aromatic rings. The molecule has 2 aromatic heterocycles. The Labute approximate surface area is 283 Å². The van der Waals surface area contributed by atoms with E-state index in [2.05, 4.69) is 166 Å². The van der Waals surface area contributed by atoms with Gasteiger partial charge in [0.05, 0.1) is 11.2 Å². The molecule has 2 heterocycles. The van der Waals surface area contributed by atoms with E-state index in [1.165, 1.54) is 53.9 Å². The summed E-state index contributed by atoms with van der Waals surface area (Å²) >= 11 is 0. The monoisotopic (exact) mass is 625 g/mol. The summed E-state index contributed by atoms with van der Waals surface area (Å²) in [6, 6.07) is 48.3. The number of fused-ring (bicyclic) bond motifs is 13. The van der Waals surface area contributed by atoms with Crippen LogP contribution in [-0.4, -0.2) is 4.98 Å². The second-order valence-electron chi connectivity index (χ2n) is 12.9. The summed E-state index contributed by atoms with van der Waals surface area (Å²) in [6.07, 6.45) is 6.44. The van der Waals surface area contributed by atoms with E-state index in [0.29, 0.717) is 0 Å². The summed E-state index contributed by atoms with van der Waals surface area (Å²) in [4.78, 5) is 5.42. The van der Waals surface area contributed by atoms with Gasteiger partial charge in [-0.05, 0) is 98.4 Å². The average molecular weight is 626 g/mol. The number of nitrogens with zero attached hydrogens (tertiary/aromatic N) is 1. The molecule has 0 aliphatic rings. The molecule has 0 radical (unpaired) electrons. The van der Waals surface area contributed by atoms with E-state index in [4.69, 9.17) is 9.40 Å². The lowest BCUT2D eigenvalue weighted by Crippen LogP contribution is -1.95. The molecule has 0 fully saturated rings. The molecule has 2 nitrogen and oxygen atoms in total. The van der Waals surface area contributed by atoms with Gasteiger partial charge >= 0.3 is 0 Å². The number of aromatic nitrogens is 1. The maximum absolute atomic E-state index is 6.93. The number of allylic oxidation sites excluding steroid dienone is 4. The molecular weight excluding hydrogens is 595 g/mol. The summed E-state index contributed by atoms with van der Waals surface area (Å²) in [6.45, 7) is 4.17. The molecule has 0 unspecified atom stereocenters. The molecule has 0 N–H and O–H groups in total. The van der Waals surface area contributed by atoms with Crippen molar-refractivity contribution in [1.29, 1.82) is 0 Å². The third kappa shape index (κ3) is 4.04. The fraction of sp³-hybridized carbons (Fsp3) is 0.0426. The zero-order valence-electron chi connectivity index (χ0n) is 27.3. The first-order valence-electron chi connectivity index (χ1n) is 17.0. The van der Waals surface area contributed by atoms with E-state index in [0.717, 1.165) is 55.2 Å². The molecular formula is C47H31NO. The van der Waals surface area contributed by atoms with Crippen molar-refractivity contribution in [2.24, 2.45) is 0 Å². The number of rotatable bonds is 3. The van der Waals surface area contributed by atoms with Gasteiger partial charge in [0.15, 0.2) is 0 Å². The highest BCUT2D eigenvalue weighted by atomic mass is 16.3. The Morgan fingerprint density at radius 1 is 0.510 bits per heavy atom. The minimum atomic E-state index is 0.904. The van der Waals surface area contributed by atoms with Crippen molar-refractivity contribution < 1.29 is 4.42 Å². The first kappa shape index (κ1) is 27.8. The van der Waals surface area contributed by atoms with Crippen LogP contribution >= 0.6 is 0 Å². The van der Waals surface area contributed by atoms with Crippen LogP contribution in [0.4, 0.5) is 0 Å². The normalized spacial score (nSPS) is 12.7. The van der Waals surface area contributed by atoms with Crippen molar-refractivity contribution in [3.8, 4) is 11.1 Å². The van der Waals surface area contributed by atoms with Gasteiger partial charge in [0.25, 0.3) is 0 Å². The van der Waals surface area contributed by atoms with Gasteiger partial charge in [0, 0.05) is 32.5 Å². The van der Waals surface area contributed by atoms with Crippen LogP contribution in [0.5, 0.6) is 0 Å².